The van der Waals surface area contributed by atoms with Crippen molar-refractivity contribution in [3.63, 3.8) is 0 Å². The summed E-state index contributed by atoms with van der Waals surface area (Å²) in [6.07, 6.45) is 0. The van der Waals surface area contributed by atoms with Crippen LogP contribution < -0.4 is 15.8 Å². The van der Waals surface area contributed by atoms with Crippen molar-refractivity contribution in [3.8, 4) is 0 Å². The van der Waals surface area contributed by atoms with E-state index in [1.165, 1.54) is 0 Å². The molecule has 6 heteroatoms. The van der Waals surface area contributed by atoms with Crippen LogP contribution in [0, 0.1) is 6.57 Å². The van der Waals surface area contributed by atoms with E-state index < -0.39 is 0 Å². The maximum absolute atomic E-state index is 11.6. The standard InChI is InChI=1S/C16H14N4OS/c1-17-14-15(21)19-22-16(14)18-12-8-9-13(20(2)3)11-7-5-4-6-10(11)12/h4-9,18H,2-3H3,(H,19,21). The lowest BCUT2D eigenvalue weighted by atomic mass is 10.1. The summed E-state index contributed by atoms with van der Waals surface area (Å²) in [7, 11) is 4.01. The number of rotatable bonds is 3. The fourth-order valence-electron chi connectivity index (χ4n) is 2.39. The third-order valence-corrected chi connectivity index (χ3v) is 4.21. The number of hydrogen-bond acceptors (Lipinski definition) is 4. The molecule has 0 bridgehead atoms. The Bertz CT molecular complexity index is 933. The molecule has 1 heterocycles. The molecule has 3 aromatic rings. The summed E-state index contributed by atoms with van der Waals surface area (Å²) in [6, 6.07) is 12.1. The molecule has 0 amide bonds. The van der Waals surface area contributed by atoms with E-state index in [2.05, 4.69) is 25.5 Å². The summed E-state index contributed by atoms with van der Waals surface area (Å²) in [6.45, 7) is 7.13. The van der Waals surface area contributed by atoms with Gasteiger partial charge in [0.2, 0.25) is 0 Å². The van der Waals surface area contributed by atoms with Gasteiger partial charge in [0.15, 0.2) is 0 Å². The molecule has 5 nitrogen and oxygen atoms in total. The molecule has 0 aliphatic rings. The molecule has 2 N–H and O–H groups in total. The number of nitrogens with zero attached hydrogens (tertiary/aromatic N) is 2. The topological polar surface area (TPSA) is 52.5 Å². The Hall–Kier alpha value is -2.78. The molecule has 22 heavy (non-hydrogen) atoms. The van der Waals surface area contributed by atoms with E-state index in [0.29, 0.717) is 5.00 Å². The number of benzene rings is 2. The van der Waals surface area contributed by atoms with Crippen molar-refractivity contribution in [3.05, 3.63) is 58.2 Å². The fraction of sp³-hybridized carbons (Fsp3) is 0.125. The minimum atomic E-state index is -0.350. The zero-order chi connectivity index (χ0) is 15.7. The summed E-state index contributed by atoms with van der Waals surface area (Å²) < 4.78 is 2.59. The predicted octanol–water partition coefficient (Wildman–Crippen LogP) is 3.95. The molecule has 0 saturated carbocycles. The number of aromatic amines is 1. The largest absolute Gasteiger partial charge is 0.377 e. The summed E-state index contributed by atoms with van der Waals surface area (Å²) in [4.78, 5) is 16.9. The van der Waals surface area contributed by atoms with Gasteiger partial charge in [-0.3, -0.25) is 9.17 Å². The number of H-pyrrole nitrogens is 1. The van der Waals surface area contributed by atoms with Crippen LogP contribution in [0.5, 0.6) is 0 Å². The minimum absolute atomic E-state index is 0.103. The van der Waals surface area contributed by atoms with E-state index >= 15 is 0 Å². The second-order valence-electron chi connectivity index (χ2n) is 5.02. The number of anilines is 3. The van der Waals surface area contributed by atoms with Crippen LogP contribution in [0.25, 0.3) is 15.6 Å². The second-order valence-corrected chi connectivity index (χ2v) is 5.84. The number of hydrogen-bond donors (Lipinski definition) is 2. The number of aromatic nitrogens is 1. The monoisotopic (exact) mass is 310 g/mol. The van der Waals surface area contributed by atoms with Crippen LogP contribution >= 0.6 is 11.5 Å². The highest BCUT2D eigenvalue weighted by Crippen LogP contribution is 2.35. The molecule has 110 valence electrons. The second kappa shape index (κ2) is 5.54. The third-order valence-electron chi connectivity index (χ3n) is 3.42. The lowest BCUT2D eigenvalue weighted by molar-refractivity contribution is 1.14. The zero-order valence-corrected chi connectivity index (χ0v) is 13.0. The fourth-order valence-corrected chi connectivity index (χ4v) is 3.08. The Kier molecular flexibility index (Phi) is 3.57. The molecule has 2 aromatic carbocycles. The van der Waals surface area contributed by atoms with Gasteiger partial charge in [0.05, 0.1) is 6.57 Å². The van der Waals surface area contributed by atoms with Gasteiger partial charge in [-0.25, -0.2) is 4.85 Å². The van der Waals surface area contributed by atoms with Crippen molar-refractivity contribution in [2.24, 2.45) is 0 Å². The van der Waals surface area contributed by atoms with Crippen LogP contribution in [0.1, 0.15) is 0 Å². The summed E-state index contributed by atoms with van der Waals surface area (Å²) in [5.74, 6) is 0. The van der Waals surface area contributed by atoms with Gasteiger partial charge in [-0.05, 0) is 12.1 Å². The molecule has 0 fully saturated rings. The average Bonchev–Trinajstić information content (AvgIpc) is 2.87. The molecule has 0 saturated heterocycles. The van der Waals surface area contributed by atoms with Gasteiger partial charge in [0, 0.05) is 36.2 Å². The highest BCUT2D eigenvalue weighted by molar-refractivity contribution is 7.11. The SMILES string of the molecule is [C-]#[N+]c1c(Nc2ccc(N(C)C)c3ccccc23)s[nH]c1=O. The maximum Gasteiger partial charge on any atom is 0.285 e. The Morgan fingerprint density at radius 1 is 1.18 bits per heavy atom. The quantitative estimate of drug-likeness (QED) is 0.720. The first-order valence-electron chi connectivity index (χ1n) is 6.67. The van der Waals surface area contributed by atoms with Crippen molar-refractivity contribution in [1.29, 1.82) is 0 Å². The molecule has 0 atom stereocenters. The Balaban J connectivity index is 2.15. The Morgan fingerprint density at radius 2 is 1.91 bits per heavy atom. The van der Waals surface area contributed by atoms with E-state index in [1.807, 2.05) is 44.4 Å². The normalized spacial score (nSPS) is 10.4. The van der Waals surface area contributed by atoms with E-state index in [-0.39, 0.29) is 11.2 Å². The van der Waals surface area contributed by atoms with Crippen LogP contribution in [0.4, 0.5) is 22.1 Å². The van der Waals surface area contributed by atoms with E-state index in [1.54, 1.807) is 0 Å². The first kappa shape index (κ1) is 14.2. The Labute approximate surface area is 131 Å². The van der Waals surface area contributed by atoms with Crippen molar-refractivity contribution in [1.82, 2.24) is 4.37 Å². The highest BCUT2D eigenvalue weighted by atomic mass is 32.1. The molecule has 3 rings (SSSR count). The van der Waals surface area contributed by atoms with Gasteiger partial charge in [-0.2, -0.15) is 0 Å². The predicted molar refractivity (Wildman–Crippen MR) is 92.8 cm³/mol. The van der Waals surface area contributed by atoms with Crippen molar-refractivity contribution < 1.29 is 0 Å². The molecular formula is C16H14N4OS. The van der Waals surface area contributed by atoms with Gasteiger partial charge in [-0.1, -0.05) is 35.8 Å². The number of nitrogens with one attached hydrogen (secondary N) is 2. The van der Waals surface area contributed by atoms with Crippen LogP contribution in [-0.4, -0.2) is 18.5 Å². The third kappa shape index (κ3) is 2.32. The molecule has 1 aromatic heterocycles. The van der Waals surface area contributed by atoms with Crippen LogP contribution in [0.2, 0.25) is 0 Å². The average molecular weight is 310 g/mol. The van der Waals surface area contributed by atoms with Gasteiger partial charge < -0.3 is 10.2 Å². The summed E-state index contributed by atoms with van der Waals surface area (Å²) in [5, 5.41) is 5.91. The van der Waals surface area contributed by atoms with Gasteiger partial charge in [-0.15, -0.1) is 0 Å². The van der Waals surface area contributed by atoms with E-state index in [9.17, 15) is 4.79 Å². The smallest absolute Gasteiger partial charge is 0.285 e. The maximum atomic E-state index is 11.6. The summed E-state index contributed by atoms with van der Waals surface area (Å²) in [5.41, 5.74) is 1.75. The molecular weight excluding hydrogens is 296 g/mol. The lowest BCUT2D eigenvalue weighted by Gasteiger charge is -2.18. The zero-order valence-electron chi connectivity index (χ0n) is 12.2. The first-order valence-corrected chi connectivity index (χ1v) is 7.48. The number of fused-ring (bicyclic) bond motifs is 1. The van der Waals surface area contributed by atoms with Crippen LogP contribution in [-0.2, 0) is 0 Å². The van der Waals surface area contributed by atoms with Crippen molar-refractivity contribution in [2.45, 2.75) is 0 Å². The summed E-state index contributed by atoms with van der Waals surface area (Å²) >= 11 is 1.14. The molecule has 0 spiro atoms. The van der Waals surface area contributed by atoms with Crippen molar-refractivity contribution in [2.75, 3.05) is 24.3 Å². The molecule has 0 radical (unpaired) electrons. The molecule has 0 aliphatic carbocycles. The molecule has 0 unspecified atom stereocenters. The first-order chi connectivity index (χ1) is 10.6. The lowest BCUT2D eigenvalue weighted by Crippen LogP contribution is -2.09. The van der Waals surface area contributed by atoms with Gasteiger partial charge in [0.25, 0.3) is 11.2 Å². The highest BCUT2D eigenvalue weighted by Gasteiger charge is 2.13. The van der Waals surface area contributed by atoms with E-state index in [4.69, 9.17) is 6.57 Å². The van der Waals surface area contributed by atoms with Gasteiger partial charge in [0.1, 0.15) is 5.00 Å². The van der Waals surface area contributed by atoms with Crippen LogP contribution in [0.3, 0.4) is 0 Å². The molecule has 0 aliphatic heterocycles. The van der Waals surface area contributed by atoms with Crippen LogP contribution in [0.15, 0.2) is 41.2 Å². The van der Waals surface area contributed by atoms with Gasteiger partial charge >= 0.3 is 0 Å². The van der Waals surface area contributed by atoms with Crippen molar-refractivity contribution >= 4 is 44.4 Å². The minimum Gasteiger partial charge on any atom is -0.377 e. The van der Waals surface area contributed by atoms with E-state index in [0.717, 1.165) is 33.7 Å². The Morgan fingerprint density at radius 3 is 2.59 bits per heavy atom.